The molecule has 1 fully saturated rings. The van der Waals surface area contributed by atoms with Gasteiger partial charge in [0, 0.05) is 19.0 Å². The molecule has 0 unspecified atom stereocenters. The number of alkyl halides is 1. The zero-order valence-electron chi connectivity index (χ0n) is 11.5. The lowest BCUT2D eigenvalue weighted by molar-refractivity contribution is 0.445. The van der Waals surface area contributed by atoms with Crippen LogP contribution in [-0.2, 0) is 6.54 Å². The van der Waals surface area contributed by atoms with Gasteiger partial charge in [0.25, 0.3) is 0 Å². The number of benzene rings is 1. The van der Waals surface area contributed by atoms with Crippen molar-refractivity contribution in [3.63, 3.8) is 0 Å². The number of hydrogen-bond acceptors (Lipinski definition) is 1. The Morgan fingerprint density at radius 1 is 1.22 bits per heavy atom. The van der Waals surface area contributed by atoms with Gasteiger partial charge in [-0.05, 0) is 41.7 Å². The molecule has 0 spiro atoms. The first-order valence-electron chi connectivity index (χ1n) is 7.01. The zero-order valence-corrected chi connectivity index (χ0v) is 12.3. The Kier molecular flexibility index (Phi) is 4.69. The van der Waals surface area contributed by atoms with Gasteiger partial charge in [0.15, 0.2) is 0 Å². The minimum atomic E-state index is 0.527. The molecule has 1 N–H and O–H groups in total. The molecule has 100 valence electrons. The topological polar surface area (TPSA) is 12.0 Å². The largest absolute Gasteiger partial charge is 0.312 e. The summed E-state index contributed by atoms with van der Waals surface area (Å²) in [5, 5.41) is 3.58. The average Bonchev–Trinajstić information content (AvgIpc) is 3.10. The molecule has 1 aromatic carbocycles. The van der Waals surface area contributed by atoms with E-state index in [0.717, 1.165) is 25.4 Å². The van der Waals surface area contributed by atoms with E-state index in [0.29, 0.717) is 11.3 Å². The van der Waals surface area contributed by atoms with Crippen molar-refractivity contribution in [3.8, 4) is 0 Å². The number of hydrogen-bond donors (Lipinski definition) is 1. The molecular weight excluding hydrogens is 242 g/mol. The molecule has 2 rings (SSSR count). The van der Waals surface area contributed by atoms with Gasteiger partial charge in [-0.25, -0.2) is 0 Å². The van der Waals surface area contributed by atoms with Gasteiger partial charge in [-0.2, -0.15) is 0 Å². The van der Waals surface area contributed by atoms with Gasteiger partial charge in [-0.3, -0.25) is 0 Å². The molecule has 1 nitrogen and oxygen atoms in total. The second-order valence-corrected chi connectivity index (χ2v) is 6.32. The molecule has 0 radical (unpaired) electrons. The minimum Gasteiger partial charge on any atom is -0.312 e. The van der Waals surface area contributed by atoms with E-state index in [1.807, 2.05) is 0 Å². The van der Waals surface area contributed by atoms with E-state index in [1.165, 1.54) is 24.0 Å². The van der Waals surface area contributed by atoms with Crippen molar-refractivity contribution < 1.29 is 0 Å². The molecule has 0 heterocycles. The molecule has 0 aliphatic heterocycles. The van der Waals surface area contributed by atoms with E-state index >= 15 is 0 Å². The molecule has 2 heteroatoms. The van der Waals surface area contributed by atoms with Crippen LogP contribution < -0.4 is 5.32 Å². The monoisotopic (exact) mass is 265 g/mol. The summed E-state index contributed by atoms with van der Waals surface area (Å²) in [5.41, 5.74) is 3.32. The fraction of sp³-hybridized carbons (Fsp3) is 0.625. The van der Waals surface area contributed by atoms with E-state index in [2.05, 4.69) is 43.4 Å². The highest BCUT2D eigenvalue weighted by atomic mass is 35.5. The van der Waals surface area contributed by atoms with Crippen molar-refractivity contribution in [1.29, 1.82) is 0 Å². The van der Waals surface area contributed by atoms with Crippen molar-refractivity contribution in [2.45, 2.75) is 45.6 Å². The Morgan fingerprint density at radius 3 is 2.39 bits per heavy atom. The Balaban J connectivity index is 1.77. The smallest absolute Gasteiger partial charge is 0.0229 e. The highest BCUT2D eigenvalue weighted by Gasteiger charge is 2.40. The van der Waals surface area contributed by atoms with Crippen LogP contribution in [0.2, 0.25) is 0 Å². The first kappa shape index (κ1) is 13.9. The van der Waals surface area contributed by atoms with Crippen LogP contribution in [0.25, 0.3) is 0 Å². The van der Waals surface area contributed by atoms with Gasteiger partial charge in [0.1, 0.15) is 0 Å². The summed E-state index contributed by atoms with van der Waals surface area (Å²) in [6, 6.07) is 8.97. The van der Waals surface area contributed by atoms with Crippen LogP contribution in [0.5, 0.6) is 0 Å². The van der Waals surface area contributed by atoms with E-state index < -0.39 is 0 Å². The third-order valence-corrected chi connectivity index (χ3v) is 4.25. The lowest BCUT2D eigenvalue weighted by Gasteiger charge is -2.14. The third-order valence-electron chi connectivity index (χ3n) is 4.06. The van der Waals surface area contributed by atoms with Crippen molar-refractivity contribution in [3.05, 3.63) is 35.4 Å². The van der Waals surface area contributed by atoms with Crippen LogP contribution in [0.15, 0.2) is 24.3 Å². The van der Waals surface area contributed by atoms with Gasteiger partial charge in [0.05, 0.1) is 0 Å². The molecule has 0 aromatic heterocycles. The molecule has 1 aromatic rings. The summed E-state index contributed by atoms with van der Waals surface area (Å²) in [5.74, 6) is 1.41. The van der Waals surface area contributed by atoms with E-state index in [1.54, 1.807) is 0 Å². The van der Waals surface area contributed by atoms with Crippen LogP contribution >= 0.6 is 11.6 Å². The number of halogens is 1. The summed E-state index contributed by atoms with van der Waals surface area (Å²) in [6.07, 6.45) is 3.85. The van der Waals surface area contributed by atoms with Gasteiger partial charge in [-0.15, -0.1) is 11.6 Å². The lowest BCUT2D eigenvalue weighted by atomic mass is 10.0. The Morgan fingerprint density at radius 2 is 1.89 bits per heavy atom. The van der Waals surface area contributed by atoms with Gasteiger partial charge < -0.3 is 5.32 Å². The first-order chi connectivity index (χ1) is 8.65. The molecular formula is C16H24ClN. The first-order valence-corrected chi connectivity index (χ1v) is 7.54. The predicted molar refractivity (Wildman–Crippen MR) is 79.2 cm³/mol. The van der Waals surface area contributed by atoms with Crippen molar-refractivity contribution >= 4 is 11.6 Å². The Labute approximate surface area is 116 Å². The predicted octanol–water partition coefficient (Wildman–Crippen LogP) is 4.31. The zero-order chi connectivity index (χ0) is 13.0. The van der Waals surface area contributed by atoms with E-state index in [-0.39, 0.29) is 0 Å². The second-order valence-electron chi connectivity index (χ2n) is 5.94. The quantitative estimate of drug-likeness (QED) is 0.725. The van der Waals surface area contributed by atoms with E-state index in [9.17, 15) is 0 Å². The van der Waals surface area contributed by atoms with Crippen LogP contribution in [0.1, 0.15) is 50.2 Å². The van der Waals surface area contributed by atoms with Crippen molar-refractivity contribution in [1.82, 2.24) is 5.32 Å². The highest BCUT2D eigenvalue weighted by Crippen LogP contribution is 2.48. The molecule has 0 bridgehead atoms. The van der Waals surface area contributed by atoms with Crippen molar-refractivity contribution in [2.75, 3.05) is 12.4 Å². The summed E-state index contributed by atoms with van der Waals surface area (Å²) in [6.45, 7) is 6.56. The maximum Gasteiger partial charge on any atom is 0.0229 e. The molecule has 0 amide bonds. The van der Waals surface area contributed by atoms with Crippen LogP contribution in [0.3, 0.4) is 0 Å². The standard InChI is InChI=1S/C16H24ClN/c1-13(2)15-5-3-14(4-6-15)11-18-12-16(7-8-16)9-10-17/h3-6,13,18H,7-12H2,1-2H3. The Bertz CT molecular complexity index is 365. The Hall–Kier alpha value is -0.530. The lowest BCUT2D eigenvalue weighted by Crippen LogP contribution is -2.24. The maximum atomic E-state index is 5.84. The summed E-state index contributed by atoms with van der Waals surface area (Å²) < 4.78 is 0. The molecule has 18 heavy (non-hydrogen) atoms. The molecule has 1 aliphatic carbocycles. The van der Waals surface area contributed by atoms with Crippen LogP contribution in [-0.4, -0.2) is 12.4 Å². The van der Waals surface area contributed by atoms with Gasteiger partial charge in [-0.1, -0.05) is 38.1 Å². The molecule has 1 saturated carbocycles. The fourth-order valence-corrected chi connectivity index (χ4v) is 2.79. The molecule has 1 aliphatic rings. The summed E-state index contributed by atoms with van der Waals surface area (Å²) in [4.78, 5) is 0. The third kappa shape index (κ3) is 3.73. The fourth-order valence-electron chi connectivity index (χ4n) is 2.38. The van der Waals surface area contributed by atoms with Crippen LogP contribution in [0.4, 0.5) is 0 Å². The maximum absolute atomic E-state index is 5.84. The highest BCUT2D eigenvalue weighted by molar-refractivity contribution is 6.17. The normalized spacial score (nSPS) is 17.1. The van der Waals surface area contributed by atoms with Gasteiger partial charge in [0.2, 0.25) is 0 Å². The minimum absolute atomic E-state index is 0.527. The molecule has 0 atom stereocenters. The number of rotatable bonds is 7. The SMILES string of the molecule is CC(C)c1ccc(CNCC2(CCCl)CC2)cc1. The van der Waals surface area contributed by atoms with Crippen LogP contribution in [0, 0.1) is 5.41 Å². The summed E-state index contributed by atoms with van der Waals surface area (Å²) in [7, 11) is 0. The molecule has 0 saturated heterocycles. The van der Waals surface area contributed by atoms with Gasteiger partial charge >= 0.3 is 0 Å². The number of nitrogens with one attached hydrogen (secondary N) is 1. The average molecular weight is 266 g/mol. The second kappa shape index (κ2) is 6.08. The van der Waals surface area contributed by atoms with Crippen molar-refractivity contribution in [2.24, 2.45) is 5.41 Å². The summed E-state index contributed by atoms with van der Waals surface area (Å²) >= 11 is 5.84. The van der Waals surface area contributed by atoms with E-state index in [4.69, 9.17) is 11.6 Å².